The third-order valence-corrected chi connectivity index (χ3v) is 4.74. The standard InChI is InChI=1S/C13H14Cl2INO/c14-6-5-13(3-4-13)8-17-12(18)10-7-9(15)1-2-11(10)16/h1-2,7H,3-6,8H2,(H,17,18). The zero-order valence-corrected chi connectivity index (χ0v) is 13.5. The van der Waals surface area contributed by atoms with Crippen LogP contribution in [-0.2, 0) is 0 Å². The second kappa shape index (κ2) is 5.97. The maximum Gasteiger partial charge on any atom is 0.252 e. The second-order valence-corrected chi connectivity index (χ2v) is 6.72. The molecule has 98 valence electrons. The molecule has 0 atom stereocenters. The van der Waals surface area contributed by atoms with Crippen LogP contribution in [-0.4, -0.2) is 18.3 Å². The quantitative estimate of drug-likeness (QED) is 0.588. The highest BCUT2D eigenvalue weighted by Gasteiger charge is 2.41. The number of alkyl halides is 1. The van der Waals surface area contributed by atoms with Crippen LogP contribution in [0.1, 0.15) is 29.6 Å². The number of halogens is 3. The van der Waals surface area contributed by atoms with Gasteiger partial charge in [0.25, 0.3) is 5.91 Å². The minimum Gasteiger partial charge on any atom is -0.351 e. The Morgan fingerprint density at radius 3 is 2.78 bits per heavy atom. The van der Waals surface area contributed by atoms with Gasteiger partial charge in [0.1, 0.15) is 0 Å². The summed E-state index contributed by atoms with van der Waals surface area (Å²) in [7, 11) is 0. The first-order valence-electron chi connectivity index (χ1n) is 5.86. The fraction of sp³-hybridized carbons (Fsp3) is 0.462. The summed E-state index contributed by atoms with van der Waals surface area (Å²) in [6.45, 7) is 0.709. The van der Waals surface area contributed by atoms with E-state index in [-0.39, 0.29) is 11.3 Å². The number of benzene rings is 1. The molecule has 0 radical (unpaired) electrons. The molecule has 0 aliphatic heterocycles. The van der Waals surface area contributed by atoms with Gasteiger partial charge in [0, 0.05) is 21.0 Å². The first-order chi connectivity index (χ1) is 8.56. The van der Waals surface area contributed by atoms with Crippen molar-refractivity contribution in [1.29, 1.82) is 0 Å². The molecule has 18 heavy (non-hydrogen) atoms. The van der Waals surface area contributed by atoms with Crippen molar-refractivity contribution in [3.05, 3.63) is 32.4 Å². The molecule has 1 saturated carbocycles. The minimum atomic E-state index is -0.0530. The van der Waals surface area contributed by atoms with E-state index in [0.717, 1.165) is 22.8 Å². The molecular formula is C13H14Cl2INO. The first kappa shape index (κ1) is 14.4. The summed E-state index contributed by atoms with van der Waals surface area (Å²) in [5.41, 5.74) is 0.895. The average molecular weight is 398 g/mol. The van der Waals surface area contributed by atoms with Gasteiger partial charge in [-0.1, -0.05) is 11.6 Å². The smallest absolute Gasteiger partial charge is 0.252 e. The van der Waals surface area contributed by atoms with Gasteiger partial charge in [0.15, 0.2) is 0 Å². The van der Waals surface area contributed by atoms with E-state index in [4.69, 9.17) is 23.2 Å². The molecule has 1 aromatic carbocycles. The molecule has 0 spiro atoms. The zero-order valence-electron chi connectivity index (χ0n) is 9.81. The number of nitrogens with one attached hydrogen (secondary N) is 1. The molecular weight excluding hydrogens is 384 g/mol. The lowest BCUT2D eigenvalue weighted by molar-refractivity contribution is 0.0943. The molecule has 5 heteroatoms. The minimum absolute atomic E-state index is 0.0530. The summed E-state index contributed by atoms with van der Waals surface area (Å²) < 4.78 is 0.914. The Balaban J connectivity index is 1.98. The second-order valence-electron chi connectivity index (χ2n) is 4.75. The van der Waals surface area contributed by atoms with Crippen LogP contribution in [0.2, 0.25) is 5.02 Å². The fourth-order valence-corrected chi connectivity index (χ4v) is 3.08. The van der Waals surface area contributed by atoms with E-state index < -0.39 is 0 Å². The lowest BCUT2D eigenvalue weighted by Gasteiger charge is -2.15. The number of carbonyl (C=O) groups is 1. The molecule has 1 aliphatic rings. The molecule has 1 amide bonds. The van der Waals surface area contributed by atoms with Crippen LogP contribution >= 0.6 is 45.8 Å². The van der Waals surface area contributed by atoms with Crippen molar-refractivity contribution in [3.8, 4) is 0 Å². The van der Waals surface area contributed by atoms with E-state index in [1.165, 1.54) is 0 Å². The number of hydrogen-bond donors (Lipinski definition) is 1. The van der Waals surface area contributed by atoms with Gasteiger partial charge < -0.3 is 5.32 Å². The third kappa shape index (κ3) is 3.52. The lowest BCUT2D eigenvalue weighted by Crippen LogP contribution is -2.31. The van der Waals surface area contributed by atoms with Crippen molar-refractivity contribution in [3.63, 3.8) is 0 Å². The van der Waals surface area contributed by atoms with Gasteiger partial charge in [-0.2, -0.15) is 0 Å². The van der Waals surface area contributed by atoms with E-state index in [9.17, 15) is 4.79 Å². The molecule has 1 aliphatic carbocycles. The highest BCUT2D eigenvalue weighted by molar-refractivity contribution is 14.1. The summed E-state index contributed by atoms with van der Waals surface area (Å²) in [5, 5.41) is 3.58. The monoisotopic (exact) mass is 397 g/mol. The molecule has 0 heterocycles. The van der Waals surface area contributed by atoms with Crippen molar-refractivity contribution < 1.29 is 4.79 Å². The van der Waals surface area contributed by atoms with Gasteiger partial charge in [-0.05, 0) is 65.5 Å². The Hall–Kier alpha value is -0.000000000000000111. The van der Waals surface area contributed by atoms with Crippen LogP contribution in [0.4, 0.5) is 0 Å². The van der Waals surface area contributed by atoms with Crippen LogP contribution in [0.25, 0.3) is 0 Å². The molecule has 0 bridgehead atoms. The highest BCUT2D eigenvalue weighted by Crippen LogP contribution is 2.48. The molecule has 1 aromatic rings. The summed E-state index contributed by atoms with van der Waals surface area (Å²) in [5.74, 6) is 0.604. The van der Waals surface area contributed by atoms with Gasteiger partial charge in [0.2, 0.25) is 0 Å². The summed E-state index contributed by atoms with van der Waals surface area (Å²) in [6.07, 6.45) is 3.29. The Morgan fingerprint density at radius 1 is 1.44 bits per heavy atom. The van der Waals surface area contributed by atoms with Crippen molar-refractivity contribution in [2.45, 2.75) is 19.3 Å². The van der Waals surface area contributed by atoms with Crippen molar-refractivity contribution in [2.75, 3.05) is 12.4 Å². The number of amides is 1. The Morgan fingerprint density at radius 2 is 2.17 bits per heavy atom. The van der Waals surface area contributed by atoms with Crippen LogP contribution < -0.4 is 5.32 Å². The van der Waals surface area contributed by atoms with E-state index in [1.807, 2.05) is 6.07 Å². The molecule has 1 fully saturated rings. The first-order valence-corrected chi connectivity index (χ1v) is 7.85. The third-order valence-electron chi connectivity index (χ3n) is 3.38. The Kier molecular flexibility index (Phi) is 4.78. The predicted molar refractivity (Wildman–Crippen MR) is 83.5 cm³/mol. The van der Waals surface area contributed by atoms with Gasteiger partial charge >= 0.3 is 0 Å². The number of rotatable bonds is 5. The predicted octanol–water partition coefficient (Wildman–Crippen LogP) is 4.08. The van der Waals surface area contributed by atoms with Crippen LogP contribution in [0.15, 0.2) is 18.2 Å². The fourth-order valence-electron chi connectivity index (χ4n) is 1.93. The molecule has 2 nitrogen and oxygen atoms in total. The molecule has 0 unspecified atom stereocenters. The topological polar surface area (TPSA) is 29.1 Å². The molecule has 0 aromatic heterocycles. The Bertz CT molecular complexity index is 460. The maximum absolute atomic E-state index is 12.1. The van der Waals surface area contributed by atoms with E-state index in [1.54, 1.807) is 12.1 Å². The summed E-state index contributed by atoms with van der Waals surface area (Å²) in [6, 6.07) is 5.35. The van der Waals surface area contributed by atoms with Crippen molar-refractivity contribution >= 4 is 51.7 Å². The van der Waals surface area contributed by atoms with Gasteiger partial charge in [-0.3, -0.25) is 4.79 Å². The molecule has 2 rings (SSSR count). The van der Waals surface area contributed by atoms with Crippen molar-refractivity contribution in [1.82, 2.24) is 5.32 Å². The summed E-state index contributed by atoms with van der Waals surface area (Å²) >= 11 is 13.8. The van der Waals surface area contributed by atoms with Crippen molar-refractivity contribution in [2.24, 2.45) is 5.41 Å². The SMILES string of the molecule is O=C(NCC1(CCCl)CC1)c1cc(Cl)ccc1I. The largest absolute Gasteiger partial charge is 0.351 e. The average Bonchev–Trinajstić information content (AvgIpc) is 3.10. The number of hydrogen-bond acceptors (Lipinski definition) is 1. The van der Waals surface area contributed by atoms with E-state index in [2.05, 4.69) is 27.9 Å². The highest BCUT2D eigenvalue weighted by atomic mass is 127. The molecule has 0 saturated heterocycles. The number of carbonyl (C=O) groups excluding carboxylic acids is 1. The molecule has 1 N–H and O–H groups in total. The van der Waals surface area contributed by atoms with Gasteiger partial charge in [0.05, 0.1) is 5.56 Å². The van der Waals surface area contributed by atoms with Gasteiger partial charge in [-0.15, -0.1) is 11.6 Å². The van der Waals surface area contributed by atoms with Crippen LogP contribution in [0, 0.1) is 8.99 Å². The normalized spacial score (nSPS) is 16.4. The van der Waals surface area contributed by atoms with Crippen LogP contribution in [0.5, 0.6) is 0 Å². The zero-order chi connectivity index (χ0) is 13.2. The van der Waals surface area contributed by atoms with Crippen LogP contribution in [0.3, 0.4) is 0 Å². The lowest BCUT2D eigenvalue weighted by atomic mass is 10.0. The summed E-state index contributed by atoms with van der Waals surface area (Å²) in [4.78, 5) is 12.1. The van der Waals surface area contributed by atoms with E-state index in [0.29, 0.717) is 23.0 Å². The van der Waals surface area contributed by atoms with E-state index >= 15 is 0 Å². The van der Waals surface area contributed by atoms with Gasteiger partial charge in [-0.25, -0.2) is 0 Å². The Labute approximate surface area is 131 Å². The maximum atomic E-state index is 12.1.